The summed E-state index contributed by atoms with van der Waals surface area (Å²) in [6, 6.07) is 15.7. The molecular weight excluding hydrogens is 318 g/mol. The van der Waals surface area contributed by atoms with E-state index in [2.05, 4.69) is 15.0 Å². The van der Waals surface area contributed by atoms with Crippen molar-refractivity contribution in [3.8, 4) is 0 Å². The molecule has 0 aliphatic carbocycles. The van der Waals surface area contributed by atoms with Crippen molar-refractivity contribution in [2.24, 2.45) is 0 Å². The molecule has 2 aromatic carbocycles. The highest BCUT2D eigenvalue weighted by atomic mass is 32.2. The zero-order chi connectivity index (χ0) is 16.5. The van der Waals surface area contributed by atoms with E-state index in [0.29, 0.717) is 5.75 Å². The Hall–Kier alpha value is -2.66. The van der Waals surface area contributed by atoms with Gasteiger partial charge in [0, 0.05) is 28.0 Å². The van der Waals surface area contributed by atoms with Gasteiger partial charge in [-0.15, -0.1) is 0 Å². The highest BCUT2D eigenvalue weighted by molar-refractivity contribution is 8.00. The minimum absolute atomic E-state index is 0.0952. The number of para-hydroxylation sites is 2. The molecule has 5 heteroatoms. The molecule has 0 saturated carbocycles. The van der Waals surface area contributed by atoms with Crippen molar-refractivity contribution < 1.29 is 4.79 Å². The van der Waals surface area contributed by atoms with Crippen LogP contribution in [0.4, 0.5) is 0 Å². The van der Waals surface area contributed by atoms with Crippen molar-refractivity contribution >= 4 is 39.4 Å². The van der Waals surface area contributed by atoms with Gasteiger partial charge >= 0.3 is 0 Å². The van der Waals surface area contributed by atoms with E-state index in [0.717, 1.165) is 38.2 Å². The number of hydrogen-bond acceptors (Lipinski definition) is 4. The van der Waals surface area contributed by atoms with E-state index in [1.807, 2.05) is 55.5 Å². The van der Waals surface area contributed by atoms with Crippen LogP contribution >= 0.6 is 11.8 Å². The van der Waals surface area contributed by atoms with Gasteiger partial charge in [-0.3, -0.25) is 4.79 Å². The van der Waals surface area contributed by atoms with Crippen molar-refractivity contribution in [3.05, 3.63) is 66.1 Å². The molecule has 2 aromatic heterocycles. The van der Waals surface area contributed by atoms with E-state index in [4.69, 9.17) is 0 Å². The van der Waals surface area contributed by atoms with E-state index < -0.39 is 0 Å². The SMILES string of the molecule is Cc1nc(SCC(=O)c2c[nH]c3ccccc23)c2ccccc2n1. The van der Waals surface area contributed by atoms with E-state index >= 15 is 0 Å². The van der Waals surface area contributed by atoms with Crippen molar-refractivity contribution in [2.45, 2.75) is 11.9 Å². The van der Waals surface area contributed by atoms with Gasteiger partial charge in [-0.1, -0.05) is 48.2 Å². The van der Waals surface area contributed by atoms with Gasteiger partial charge in [-0.25, -0.2) is 9.97 Å². The van der Waals surface area contributed by atoms with Crippen LogP contribution in [0.3, 0.4) is 0 Å². The number of fused-ring (bicyclic) bond motifs is 2. The van der Waals surface area contributed by atoms with Gasteiger partial charge in [0.2, 0.25) is 0 Å². The topological polar surface area (TPSA) is 58.6 Å². The highest BCUT2D eigenvalue weighted by Crippen LogP contribution is 2.27. The summed E-state index contributed by atoms with van der Waals surface area (Å²) in [6.45, 7) is 1.87. The lowest BCUT2D eigenvalue weighted by Crippen LogP contribution is -2.02. The third kappa shape index (κ3) is 2.67. The monoisotopic (exact) mass is 333 g/mol. The number of aryl methyl sites for hydroxylation is 1. The van der Waals surface area contributed by atoms with Gasteiger partial charge in [0.25, 0.3) is 0 Å². The Morgan fingerprint density at radius 3 is 2.67 bits per heavy atom. The summed E-state index contributed by atoms with van der Waals surface area (Å²) in [4.78, 5) is 24.7. The number of carbonyl (C=O) groups excluding carboxylic acids is 1. The summed E-state index contributed by atoms with van der Waals surface area (Å²) >= 11 is 1.46. The second-order valence-electron chi connectivity index (χ2n) is 5.55. The average Bonchev–Trinajstić information content (AvgIpc) is 3.03. The molecule has 4 rings (SSSR count). The fourth-order valence-corrected chi connectivity index (χ4v) is 3.73. The molecule has 1 N–H and O–H groups in total. The number of thioether (sulfide) groups is 1. The zero-order valence-corrected chi connectivity index (χ0v) is 13.9. The second-order valence-corrected chi connectivity index (χ2v) is 6.52. The maximum Gasteiger partial charge on any atom is 0.175 e. The van der Waals surface area contributed by atoms with Crippen molar-refractivity contribution in [3.63, 3.8) is 0 Å². The molecule has 24 heavy (non-hydrogen) atoms. The summed E-state index contributed by atoms with van der Waals surface area (Å²) in [7, 11) is 0. The van der Waals surface area contributed by atoms with E-state index in [-0.39, 0.29) is 5.78 Å². The van der Waals surface area contributed by atoms with Gasteiger partial charge in [0.1, 0.15) is 10.9 Å². The molecule has 0 atom stereocenters. The van der Waals surface area contributed by atoms with Crippen LogP contribution in [0.1, 0.15) is 16.2 Å². The Bertz CT molecular complexity index is 1050. The van der Waals surface area contributed by atoms with Crippen LogP contribution in [0.5, 0.6) is 0 Å². The predicted molar refractivity (Wildman–Crippen MR) is 97.6 cm³/mol. The molecule has 0 fully saturated rings. The minimum atomic E-state index is 0.0952. The Morgan fingerprint density at radius 2 is 1.79 bits per heavy atom. The largest absolute Gasteiger partial charge is 0.360 e. The number of nitrogens with one attached hydrogen (secondary N) is 1. The number of Topliss-reactive ketones (excluding diaryl/α,β-unsaturated/α-hetero) is 1. The van der Waals surface area contributed by atoms with Crippen LogP contribution in [0.25, 0.3) is 21.8 Å². The molecule has 2 heterocycles. The lowest BCUT2D eigenvalue weighted by Gasteiger charge is -2.06. The maximum absolute atomic E-state index is 12.6. The molecule has 0 aliphatic heterocycles. The summed E-state index contributed by atoms with van der Waals surface area (Å²) in [5.74, 6) is 1.16. The number of aromatic amines is 1. The molecule has 0 saturated heterocycles. The van der Waals surface area contributed by atoms with Crippen LogP contribution in [-0.4, -0.2) is 26.5 Å². The number of hydrogen-bond donors (Lipinski definition) is 1. The van der Waals surface area contributed by atoms with Crippen LogP contribution in [0.15, 0.2) is 59.8 Å². The van der Waals surface area contributed by atoms with Crippen LogP contribution in [0, 0.1) is 6.92 Å². The number of carbonyl (C=O) groups is 1. The molecule has 0 unspecified atom stereocenters. The van der Waals surface area contributed by atoms with Gasteiger partial charge < -0.3 is 4.98 Å². The summed E-state index contributed by atoms with van der Waals surface area (Å²) in [5.41, 5.74) is 2.62. The van der Waals surface area contributed by atoms with Crippen molar-refractivity contribution in [2.75, 3.05) is 5.75 Å². The molecule has 4 nitrogen and oxygen atoms in total. The van der Waals surface area contributed by atoms with Gasteiger partial charge in [-0.2, -0.15) is 0 Å². The predicted octanol–water partition coefficient (Wildman–Crippen LogP) is 4.39. The van der Waals surface area contributed by atoms with Gasteiger partial charge in [0.15, 0.2) is 5.78 Å². The number of ketones is 1. The van der Waals surface area contributed by atoms with Gasteiger partial charge in [-0.05, 0) is 19.1 Å². The van der Waals surface area contributed by atoms with Crippen LogP contribution < -0.4 is 0 Å². The quantitative estimate of drug-likeness (QED) is 0.342. The molecule has 4 aromatic rings. The first-order valence-corrected chi connectivity index (χ1v) is 8.66. The Balaban J connectivity index is 1.62. The summed E-state index contributed by atoms with van der Waals surface area (Å²) in [5, 5.41) is 2.80. The van der Waals surface area contributed by atoms with Gasteiger partial charge in [0.05, 0.1) is 11.3 Å². The highest BCUT2D eigenvalue weighted by Gasteiger charge is 2.14. The maximum atomic E-state index is 12.6. The lowest BCUT2D eigenvalue weighted by molar-refractivity contribution is 0.102. The third-order valence-electron chi connectivity index (χ3n) is 3.91. The lowest BCUT2D eigenvalue weighted by atomic mass is 10.1. The van der Waals surface area contributed by atoms with E-state index in [1.54, 1.807) is 6.20 Å². The Morgan fingerprint density at radius 1 is 1.04 bits per heavy atom. The fourth-order valence-electron chi connectivity index (χ4n) is 2.78. The van der Waals surface area contributed by atoms with Crippen molar-refractivity contribution in [1.29, 1.82) is 0 Å². The first-order valence-electron chi connectivity index (χ1n) is 7.68. The number of nitrogens with zero attached hydrogens (tertiary/aromatic N) is 2. The molecule has 0 aliphatic rings. The number of rotatable bonds is 4. The van der Waals surface area contributed by atoms with Crippen LogP contribution in [-0.2, 0) is 0 Å². The molecular formula is C19H15N3OS. The fraction of sp³-hybridized carbons (Fsp3) is 0.105. The summed E-state index contributed by atoms with van der Waals surface area (Å²) in [6.07, 6.45) is 1.79. The zero-order valence-electron chi connectivity index (χ0n) is 13.1. The smallest absolute Gasteiger partial charge is 0.175 e. The molecule has 0 radical (unpaired) electrons. The first kappa shape index (κ1) is 14.9. The van der Waals surface area contributed by atoms with Crippen LogP contribution in [0.2, 0.25) is 0 Å². The standard InChI is InChI=1S/C19H15N3OS/c1-12-21-17-9-5-3-7-14(17)19(22-12)24-11-18(23)15-10-20-16-8-4-2-6-13(15)16/h2-10,20H,11H2,1H3. The number of aromatic nitrogens is 3. The Labute approximate surface area is 143 Å². The molecule has 0 bridgehead atoms. The second kappa shape index (κ2) is 6.09. The van der Waals surface area contributed by atoms with E-state index in [1.165, 1.54) is 11.8 Å². The first-order chi connectivity index (χ1) is 11.7. The van der Waals surface area contributed by atoms with E-state index in [9.17, 15) is 4.79 Å². The molecule has 0 amide bonds. The molecule has 0 spiro atoms. The number of H-pyrrole nitrogens is 1. The third-order valence-corrected chi connectivity index (χ3v) is 4.90. The average molecular weight is 333 g/mol. The minimum Gasteiger partial charge on any atom is -0.360 e. The Kier molecular flexibility index (Phi) is 3.78. The normalized spacial score (nSPS) is 11.2. The van der Waals surface area contributed by atoms with Crippen molar-refractivity contribution in [1.82, 2.24) is 15.0 Å². The molecule has 118 valence electrons. The summed E-state index contributed by atoms with van der Waals surface area (Å²) < 4.78 is 0. The number of benzene rings is 2.